The third-order valence-electron chi connectivity index (χ3n) is 8.19. The van der Waals surface area contributed by atoms with Gasteiger partial charge in [0.2, 0.25) is 5.52 Å². The summed E-state index contributed by atoms with van der Waals surface area (Å²) in [4.78, 5) is 3.77. The van der Waals surface area contributed by atoms with Gasteiger partial charge in [-0.15, -0.1) is 0 Å². The highest BCUT2D eigenvalue weighted by atomic mass is 35.5. The standard InChI is InChI=1S/C36H32ClN2S2/c1-3-38-30-20-16-24-10-5-7-14-28(24)35(30)40-32(38)22-18-26-12-9-13-27(34(26)37)19-23-33-39(4-2)31-21-17-25-11-6-8-15-29(25)36(31)41-33/h5-8,10-11,14-23H,3-4,9,12-13H2,1-2H3/q+1. The van der Waals surface area contributed by atoms with Gasteiger partial charge in [0.05, 0.1) is 10.7 Å². The molecule has 0 radical (unpaired) electrons. The van der Waals surface area contributed by atoms with Gasteiger partial charge in [-0.05, 0) is 78.6 Å². The van der Waals surface area contributed by atoms with Crippen molar-refractivity contribution in [2.75, 3.05) is 11.4 Å². The highest BCUT2D eigenvalue weighted by Gasteiger charge is 2.26. The smallest absolute Gasteiger partial charge is 0.262 e. The number of anilines is 1. The molecule has 0 spiro atoms. The summed E-state index contributed by atoms with van der Waals surface area (Å²) >= 11 is 10.8. The van der Waals surface area contributed by atoms with Gasteiger partial charge in [-0.3, -0.25) is 0 Å². The molecule has 0 saturated heterocycles. The van der Waals surface area contributed by atoms with Crippen molar-refractivity contribution in [3.8, 4) is 0 Å². The van der Waals surface area contributed by atoms with E-state index in [4.69, 9.17) is 11.6 Å². The van der Waals surface area contributed by atoms with Crippen LogP contribution in [0, 0.1) is 0 Å². The summed E-state index contributed by atoms with van der Waals surface area (Å²) in [7, 11) is 0. The van der Waals surface area contributed by atoms with Crippen LogP contribution in [0.1, 0.15) is 38.1 Å². The van der Waals surface area contributed by atoms with Gasteiger partial charge in [-0.25, -0.2) is 0 Å². The van der Waals surface area contributed by atoms with Gasteiger partial charge in [0, 0.05) is 34.0 Å². The monoisotopic (exact) mass is 591 g/mol. The zero-order chi connectivity index (χ0) is 27.9. The first-order valence-electron chi connectivity index (χ1n) is 14.5. The van der Waals surface area contributed by atoms with Crippen molar-refractivity contribution in [3.05, 3.63) is 117 Å². The first-order valence-corrected chi connectivity index (χ1v) is 16.5. The lowest BCUT2D eigenvalue weighted by molar-refractivity contribution is -0.665. The molecule has 7 rings (SSSR count). The Labute approximate surface area is 254 Å². The molecule has 0 bridgehead atoms. The molecule has 0 amide bonds. The van der Waals surface area contributed by atoms with E-state index < -0.39 is 0 Å². The van der Waals surface area contributed by atoms with E-state index in [-0.39, 0.29) is 0 Å². The second-order valence-corrected chi connectivity index (χ2v) is 13.0. The minimum absolute atomic E-state index is 0.910. The molecule has 4 aromatic carbocycles. The second kappa shape index (κ2) is 11.2. The molecule has 0 N–H and O–H groups in total. The van der Waals surface area contributed by atoms with Crippen LogP contribution in [0.25, 0.3) is 37.8 Å². The van der Waals surface area contributed by atoms with Crippen molar-refractivity contribution in [2.45, 2.75) is 44.6 Å². The molecule has 5 aromatic rings. The predicted molar refractivity (Wildman–Crippen MR) is 180 cm³/mol. The van der Waals surface area contributed by atoms with Crippen molar-refractivity contribution < 1.29 is 4.57 Å². The molecule has 2 heterocycles. The molecular formula is C36H32ClN2S2+. The first kappa shape index (κ1) is 26.6. The van der Waals surface area contributed by atoms with Gasteiger partial charge in [-0.1, -0.05) is 101 Å². The van der Waals surface area contributed by atoms with Crippen LogP contribution in [-0.2, 0) is 6.54 Å². The maximum atomic E-state index is 7.08. The number of rotatable bonds is 5. The fourth-order valence-corrected chi connectivity index (χ4v) is 8.95. The average molecular weight is 592 g/mol. The Morgan fingerprint density at radius 3 is 2.41 bits per heavy atom. The summed E-state index contributed by atoms with van der Waals surface area (Å²) in [6.07, 6.45) is 12.2. The van der Waals surface area contributed by atoms with E-state index in [2.05, 4.69) is 120 Å². The summed E-state index contributed by atoms with van der Waals surface area (Å²) in [6.45, 7) is 6.32. The van der Waals surface area contributed by atoms with Crippen LogP contribution >= 0.6 is 34.7 Å². The number of fused-ring (bicyclic) bond motifs is 6. The highest BCUT2D eigenvalue weighted by Crippen LogP contribution is 2.49. The molecule has 0 unspecified atom stereocenters. The molecule has 0 fully saturated rings. The van der Waals surface area contributed by atoms with Crippen molar-refractivity contribution in [1.29, 1.82) is 0 Å². The zero-order valence-corrected chi connectivity index (χ0v) is 25.8. The predicted octanol–water partition coefficient (Wildman–Crippen LogP) is 10.6. The van der Waals surface area contributed by atoms with Gasteiger partial charge >= 0.3 is 0 Å². The number of hydrogen-bond donors (Lipinski definition) is 0. The SMILES string of the molecule is CCN1/C(=C/C=C2/CCCC(/C=C/c3sc4c5ccccc5ccc4[n+]3CC)=C2Cl)Sc2c1ccc1ccccc21. The fraction of sp³-hybridized carbons (Fsp3) is 0.194. The van der Waals surface area contributed by atoms with Gasteiger partial charge in [0.25, 0.3) is 5.01 Å². The van der Waals surface area contributed by atoms with E-state index in [0.29, 0.717) is 0 Å². The Kier molecular flexibility index (Phi) is 7.24. The molecule has 2 aliphatic rings. The van der Waals surface area contributed by atoms with Crippen molar-refractivity contribution in [3.63, 3.8) is 0 Å². The Morgan fingerprint density at radius 2 is 1.61 bits per heavy atom. The lowest BCUT2D eigenvalue weighted by Gasteiger charge is -2.19. The van der Waals surface area contributed by atoms with E-state index in [1.54, 1.807) is 0 Å². The topological polar surface area (TPSA) is 7.12 Å². The van der Waals surface area contributed by atoms with Crippen LogP contribution < -0.4 is 9.47 Å². The van der Waals surface area contributed by atoms with Crippen molar-refractivity contribution >= 4 is 78.2 Å². The Hall–Kier alpha value is -3.31. The number of aryl methyl sites for hydroxylation is 1. The molecule has 41 heavy (non-hydrogen) atoms. The quantitative estimate of drug-likeness (QED) is 0.188. The molecule has 1 aromatic heterocycles. The Morgan fingerprint density at radius 1 is 0.854 bits per heavy atom. The van der Waals surface area contributed by atoms with E-state index in [9.17, 15) is 0 Å². The molecule has 0 atom stereocenters. The summed E-state index contributed by atoms with van der Waals surface area (Å²) in [5.41, 5.74) is 5.06. The minimum atomic E-state index is 0.910. The van der Waals surface area contributed by atoms with Crippen molar-refractivity contribution in [1.82, 2.24) is 0 Å². The normalized spacial score (nSPS) is 17.8. The van der Waals surface area contributed by atoms with Crippen LogP contribution in [0.4, 0.5) is 5.69 Å². The maximum Gasteiger partial charge on any atom is 0.262 e. The molecular weight excluding hydrogens is 560 g/mol. The lowest BCUT2D eigenvalue weighted by atomic mass is 9.94. The molecule has 5 heteroatoms. The van der Waals surface area contributed by atoms with Crippen LogP contribution in [0.15, 0.2) is 117 Å². The molecule has 204 valence electrons. The maximum absolute atomic E-state index is 7.08. The van der Waals surface area contributed by atoms with Gasteiger partial charge in [0.15, 0.2) is 0 Å². The summed E-state index contributed by atoms with van der Waals surface area (Å²) in [5.74, 6) is 0. The van der Waals surface area contributed by atoms with E-state index in [1.807, 2.05) is 23.1 Å². The molecule has 1 aliphatic carbocycles. The Bertz CT molecular complexity index is 1940. The number of nitrogens with zero attached hydrogens (tertiary/aromatic N) is 2. The highest BCUT2D eigenvalue weighted by molar-refractivity contribution is 8.04. The van der Waals surface area contributed by atoms with Gasteiger partial charge in [-0.2, -0.15) is 4.57 Å². The number of allylic oxidation sites excluding steroid dienone is 6. The van der Waals surface area contributed by atoms with Crippen LogP contribution in [0.3, 0.4) is 0 Å². The van der Waals surface area contributed by atoms with Gasteiger partial charge < -0.3 is 4.90 Å². The number of aromatic nitrogens is 1. The first-order chi connectivity index (χ1) is 20.2. The lowest BCUT2D eigenvalue weighted by Crippen LogP contribution is -2.33. The zero-order valence-electron chi connectivity index (χ0n) is 23.4. The minimum Gasteiger partial charge on any atom is -0.335 e. The van der Waals surface area contributed by atoms with Crippen molar-refractivity contribution in [2.24, 2.45) is 0 Å². The number of halogens is 1. The molecule has 1 aliphatic heterocycles. The molecule has 0 saturated carbocycles. The average Bonchev–Trinajstić information content (AvgIpc) is 3.57. The number of thioether (sulfide) groups is 1. The van der Waals surface area contributed by atoms with Crippen LogP contribution in [0.2, 0.25) is 0 Å². The largest absolute Gasteiger partial charge is 0.335 e. The Balaban J connectivity index is 1.20. The molecule has 2 nitrogen and oxygen atoms in total. The van der Waals surface area contributed by atoms with Crippen LogP contribution in [-0.4, -0.2) is 6.54 Å². The van der Waals surface area contributed by atoms with E-state index in [1.165, 1.54) is 63.5 Å². The fourth-order valence-electron chi connectivity index (χ4n) is 6.11. The number of thiazole rings is 1. The summed E-state index contributed by atoms with van der Waals surface area (Å²) < 4.78 is 3.77. The number of hydrogen-bond acceptors (Lipinski definition) is 3. The summed E-state index contributed by atoms with van der Waals surface area (Å²) in [6, 6.07) is 26.3. The van der Waals surface area contributed by atoms with Crippen LogP contribution in [0.5, 0.6) is 0 Å². The third-order valence-corrected chi connectivity index (χ3v) is 11.1. The van der Waals surface area contributed by atoms with Gasteiger partial charge in [0.1, 0.15) is 11.2 Å². The second-order valence-electron chi connectivity index (χ2n) is 10.5. The van der Waals surface area contributed by atoms with E-state index >= 15 is 0 Å². The third kappa shape index (κ3) is 4.72. The number of benzene rings is 4. The van der Waals surface area contributed by atoms with E-state index in [0.717, 1.165) is 37.4 Å². The summed E-state index contributed by atoms with van der Waals surface area (Å²) in [5, 5.41) is 8.67.